The molecule has 2 aromatic carbocycles. The van der Waals surface area contributed by atoms with Crippen molar-refractivity contribution in [1.29, 1.82) is 0 Å². The number of nitrogens with zero attached hydrogens (tertiary/aromatic N) is 2. The van der Waals surface area contributed by atoms with Crippen LogP contribution in [0.2, 0.25) is 5.02 Å². The highest BCUT2D eigenvalue weighted by molar-refractivity contribution is 7.99. The normalized spacial score (nSPS) is 11.1. The Bertz CT molecular complexity index is 1340. The molecule has 0 saturated carbocycles. The van der Waals surface area contributed by atoms with E-state index in [9.17, 15) is 9.59 Å². The lowest BCUT2D eigenvalue weighted by atomic mass is 10.1. The maximum Gasteiger partial charge on any atom is 0.262 e. The quantitative estimate of drug-likeness (QED) is 0.305. The molecular formula is C24H22ClN3O3S. The SMILES string of the molecule is Cc1cc(C)c(NC(=O)CSc2nc3cc(Cl)ccc3c(=O)n2Cc2ccco2)c(C)c1. The molecule has 32 heavy (non-hydrogen) atoms. The number of hydrogen-bond donors (Lipinski definition) is 1. The summed E-state index contributed by atoms with van der Waals surface area (Å²) in [5.74, 6) is 0.554. The van der Waals surface area contributed by atoms with Gasteiger partial charge in [-0.1, -0.05) is 41.1 Å². The number of fused-ring (bicyclic) bond motifs is 1. The second kappa shape index (κ2) is 9.22. The van der Waals surface area contributed by atoms with Crippen LogP contribution in [0.15, 0.2) is 63.1 Å². The van der Waals surface area contributed by atoms with E-state index in [2.05, 4.69) is 10.3 Å². The third-order valence-corrected chi connectivity index (χ3v) is 6.26. The molecule has 0 aliphatic heterocycles. The maximum atomic E-state index is 13.2. The van der Waals surface area contributed by atoms with Crippen molar-refractivity contribution < 1.29 is 9.21 Å². The smallest absolute Gasteiger partial charge is 0.262 e. The number of aryl methyl sites for hydroxylation is 3. The number of aromatic nitrogens is 2. The van der Waals surface area contributed by atoms with Crippen molar-refractivity contribution >= 4 is 45.9 Å². The monoisotopic (exact) mass is 467 g/mol. The Morgan fingerprint density at radius 2 is 1.91 bits per heavy atom. The lowest BCUT2D eigenvalue weighted by Gasteiger charge is -2.14. The van der Waals surface area contributed by atoms with Gasteiger partial charge in [-0.05, 0) is 62.2 Å². The Morgan fingerprint density at radius 3 is 2.59 bits per heavy atom. The molecule has 0 bridgehead atoms. The molecule has 1 N–H and O–H groups in total. The number of hydrogen-bond acceptors (Lipinski definition) is 5. The molecule has 0 aliphatic carbocycles. The molecule has 4 rings (SSSR count). The summed E-state index contributed by atoms with van der Waals surface area (Å²) in [5, 5.41) is 4.36. The predicted octanol–water partition coefficient (Wildman–Crippen LogP) is 5.35. The van der Waals surface area contributed by atoms with Crippen molar-refractivity contribution in [2.24, 2.45) is 0 Å². The lowest BCUT2D eigenvalue weighted by molar-refractivity contribution is -0.113. The van der Waals surface area contributed by atoms with E-state index in [0.717, 1.165) is 22.4 Å². The number of anilines is 1. The predicted molar refractivity (Wildman–Crippen MR) is 129 cm³/mol. The van der Waals surface area contributed by atoms with Crippen LogP contribution in [0.25, 0.3) is 10.9 Å². The van der Waals surface area contributed by atoms with Crippen LogP contribution in [0.4, 0.5) is 5.69 Å². The molecule has 0 atom stereocenters. The number of halogens is 1. The van der Waals surface area contributed by atoms with Crippen molar-refractivity contribution in [2.45, 2.75) is 32.5 Å². The minimum Gasteiger partial charge on any atom is -0.467 e. The first-order valence-electron chi connectivity index (χ1n) is 10.0. The number of carbonyl (C=O) groups excluding carboxylic acids is 1. The van der Waals surface area contributed by atoms with Gasteiger partial charge in [0.1, 0.15) is 5.76 Å². The first kappa shape index (κ1) is 22.2. The molecular weight excluding hydrogens is 446 g/mol. The van der Waals surface area contributed by atoms with Gasteiger partial charge in [-0.3, -0.25) is 14.2 Å². The van der Waals surface area contributed by atoms with Gasteiger partial charge in [0.2, 0.25) is 5.91 Å². The van der Waals surface area contributed by atoms with Gasteiger partial charge in [-0.25, -0.2) is 4.98 Å². The van der Waals surface area contributed by atoms with Gasteiger partial charge in [0.25, 0.3) is 5.56 Å². The highest BCUT2D eigenvalue weighted by Gasteiger charge is 2.16. The molecule has 4 aromatic rings. The zero-order chi connectivity index (χ0) is 22.8. The zero-order valence-corrected chi connectivity index (χ0v) is 19.5. The minimum absolute atomic E-state index is 0.101. The molecule has 0 radical (unpaired) electrons. The summed E-state index contributed by atoms with van der Waals surface area (Å²) in [6, 6.07) is 12.6. The molecule has 0 unspecified atom stereocenters. The Morgan fingerprint density at radius 1 is 1.16 bits per heavy atom. The van der Waals surface area contributed by atoms with E-state index < -0.39 is 0 Å². The van der Waals surface area contributed by atoms with E-state index >= 15 is 0 Å². The van der Waals surface area contributed by atoms with Gasteiger partial charge in [0, 0.05) is 10.7 Å². The van der Waals surface area contributed by atoms with E-state index in [1.54, 1.807) is 36.6 Å². The van der Waals surface area contributed by atoms with Gasteiger partial charge in [-0.2, -0.15) is 0 Å². The van der Waals surface area contributed by atoms with Gasteiger partial charge in [-0.15, -0.1) is 0 Å². The number of amides is 1. The number of furan rings is 1. The highest BCUT2D eigenvalue weighted by Crippen LogP contribution is 2.24. The Balaban J connectivity index is 1.63. The third-order valence-electron chi connectivity index (χ3n) is 5.05. The molecule has 0 fully saturated rings. The summed E-state index contributed by atoms with van der Waals surface area (Å²) in [5.41, 5.74) is 4.26. The molecule has 164 valence electrons. The van der Waals surface area contributed by atoms with Crippen molar-refractivity contribution in [2.75, 3.05) is 11.1 Å². The lowest BCUT2D eigenvalue weighted by Crippen LogP contribution is -2.25. The van der Waals surface area contributed by atoms with Gasteiger partial charge < -0.3 is 9.73 Å². The van der Waals surface area contributed by atoms with Crippen LogP contribution in [0, 0.1) is 20.8 Å². The van der Waals surface area contributed by atoms with E-state index in [4.69, 9.17) is 16.0 Å². The molecule has 2 heterocycles. The summed E-state index contributed by atoms with van der Waals surface area (Å²) in [6.07, 6.45) is 1.56. The van der Waals surface area contributed by atoms with Crippen LogP contribution < -0.4 is 10.9 Å². The topological polar surface area (TPSA) is 77.1 Å². The van der Waals surface area contributed by atoms with Gasteiger partial charge in [0.15, 0.2) is 5.16 Å². The molecule has 1 amide bonds. The molecule has 0 saturated heterocycles. The van der Waals surface area contributed by atoms with Crippen LogP contribution >= 0.6 is 23.4 Å². The summed E-state index contributed by atoms with van der Waals surface area (Å²) < 4.78 is 6.95. The first-order chi connectivity index (χ1) is 15.3. The summed E-state index contributed by atoms with van der Waals surface area (Å²) in [7, 11) is 0. The second-order valence-corrected chi connectivity index (χ2v) is 9.02. The van der Waals surface area contributed by atoms with Crippen LogP contribution in [0.3, 0.4) is 0 Å². The van der Waals surface area contributed by atoms with E-state index in [1.807, 2.05) is 32.9 Å². The van der Waals surface area contributed by atoms with Crippen molar-refractivity contribution in [3.8, 4) is 0 Å². The van der Waals surface area contributed by atoms with Crippen molar-refractivity contribution in [3.63, 3.8) is 0 Å². The van der Waals surface area contributed by atoms with Crippen molar-refractivity contribution in [1.82, 2.24) is 9.55 Å². The highest BCUT2D eigenvalue weighted by atomic mass is 35.5. The second-order valence-electron chi connectivity index (χ2n) is 7.64. The first-order valence-corrected chi connectivity index (χ1v) is 11.4. The number of thioether (sulfide) groups is 1. The fraction of sp³-hybridized carbons (Fsp3) is 0.208. The maximum absolute atomic E-state index is 13.2. The average molecular weight is 468 g/mol. The zero-order valence-electron chi connectivity index (χ0n) is 17.9. The fourth-order valence-corrected chi connectivity index (χ4v) is 4.63. The van der Waals surface area contributed by atoms with Gasteiger partial charge in [0.05, 0.1) is 29.5 Å². The van der Waals surface area contributed by atoms with Crippen LogP contribution in [-0.4, -0.2) is 21.2 Å². The van der Waals surface area contributed by atoms with E-state index in [0.29, 0.717) is 26.8 Å². The number of carbonyl (C=O) groups is 1. The molecule has 0 spiro atoms. The largest absolute Gasteiger partial charge is 0.467 e. The Labute approximate surface area is 194 Å². The van der Waals surface area contributed by atoms with E-state index in [1.165, 1.54) is 16.3 Å². The number of rotatable bonds is 6. The Kier molecular flexibility index (Phi) is 6.39. The Hall–Kier alpha value is -3.03. The summed E-state index contributed by atoms with van der Waals surface area (Å²) >= 11 is 7.30. The molecule has 2 aromatic heterocycles. The average Bonchev–Trinajstić information content (AvgIpc) is 3.24. The molecule has 0 aliphatic rings. The van der Waals surface area contributed by atoms with Crippen molar-refractivity contribution in [3.05, 3.63) is 86.6 Å². The van der Waals surface area contributed by atoms with E-state index in [-0.39, 0.29) is 23.8 Å². The van der Waals surface area contributed by atoms with Gasteiger partial charge >= 0.3 is 0 Å². The standard InChI is InChI=1S/C24H22ClN3O3S/c1-14-9-15(2)22(16(3)10-14)27-21(29)13-32-24-26-20-11-17(25)6-7-19(20)23(30)28(24)12-18-5-4-8-31-18/h4-11H,12-13H2,1-3H3,(H,27,29). The fourth-order valence-electron chi connectivity index (χ4n) is 3.66. The van der Waals surface area contributed by atoms with Crippen LogP contribution in [0.5, 0.6) is 0 Å². The number of benzene rings is 2. The van der Waals surface area contributed by atoms with Crippen LogP contribution in [0.1, 0.15) is 22.5 Å². The summed E-state index contributed by atoms with van der Waals surface area (Å²) in [4.78, 5) is 30.5. The van der Waals surface area contributed by atoms with Crippen LogP contribution in [-0.2, 0) is 11.3 Å². The molecule has 6 nitrogen and oxygen atoms in total. The number of nitrogens with one attached hydrogen (secondary N) is 1. The third kappa shape index (κ3) is 4.74. The molecule has 8 heteroatoms. The minimum atomic E-state index is -0.212. The summed E-state index contributed by atoms with van der Waals surface area (Å²) in [6.45, 7) is 6.19.